The summed E-state index contributed by atoms with van der Waals surface area (Å²) in [5.41, 5.74) is 10.8. The zero-order valence-electron chi connectivity index (χ0n) is 14.5. The van der Waals surface area contributed by atoms with E-state index in [0.717, 1.165) is 17.5 Å². The molecule has 1 unspecified atom stereocenters. The van der Waals surface area contributed by atoms with Crippen molar-refractivity contribution in [2.24, 2.45) is 10.8 Å². The van der Waals surface area contributed by atoms with E-state index < -0.39 is 6.35 Å². The monoisotopic (exact) mass is 389 g/mol. The molecule has 2 aromatic carbocycles. The molecule has 1 aliphatic rings. The number of hydrazone groups is 1. The van der Waals surface area contributed by atoms with Gasteiger partial charge in [0.2, 0.25) is 6.35 Å². The van der Waals surface area contributed by atoms with Gasteiger partial charge in [0.05, 0.1) is 11.2 Å². The van der Waals surface area contributed by atoms with Gasteiger partial charge >= 0.3 is 0 Å². The van der Waals surface area contributed by atoms with Gasteiger partial charge in [-0.25, -0.2) is 4.39 Å². The molecule has 0 saturated carbocycles. The number of aromatic nitrogens is 1. The molecule has 142 valence electrons. The van der Waals surface area contributed by atoms with Crippen LogP contribution in [-0.2, 0) is 6.54 Å². The number of fused-ring (bicyclic) bond motifs is 1. The standard InChI is InChI=1S/C19H20FN5O.ClH/c20-14-7-8-16-15(11-14)17(12-24(16)10-4-9-21)25-18(22-23-19(25)26)13-5-2-1-3-6-13;/h1-3,5-8,11-12,19,23,26H,4,9-10,21H2;1H. The van der Waals surface area contributed by atoms with Gasteiger partial charge in [-0.2, -0.15) is 5.10 Å². The quantitative estimate of drug-likeness (QED) is 0.626. The van der Waals surface area contributed by atoms with Crippen LogP contribution in [0.1, 0.15) is 12.0 Å². The van der Waals surface area contributed by atoms with Gasteiger partial charge < -0.3 is 15.4 Å². The van der Waals surface area contributed by atoms with Gasteiger partial charge in [0.15, 0.2) is 5.84 Å². The molecular formula is C19H21ClFN5O. The van der Waals surface area contributed by atoms with Crippen LogP contribution in [0.5, 0.6) is 0 Å². The third-order valence-corrected chi connectivity index (χ3v) is 4.48. The molecule has 8 heteroatoms. The summed E-state index contributed by atoms with van der Waals surface area (Å²) in [6, 6.07) is 14.2. The topological polar surface area (TPSA) is 78.8 Å². The van der Waals surface area contributed by atoms with E-state index in [2.05, 4.69) is 10.5 Å². The van der Waals surface area contributed by atoms with Gasteiger partial charge in [-0.15, -0.1) is 12.4 Å². The summed E-state index contributed by atoms with van der Waals surface area (Å²) in [4.78, 5) is 1.68. The predicted molar refractivity (Wildman–Crippen MR) is 107 cm³/mol. The minimum Gasteiger partial charge on any atom is -0.355 e. The highest BCUT2D eigenvalue weighted by atomic mass is 35.5. The van der Waals surface area contributed by atoms with E-state index in [1.807, 2.05) is 41.1 Å². The summed E-state index contributed by atoms with van der Waals surface area (Å²) in [5, 5.41) is 15.4. The Balaban J connectivity index is 0.00000210. The van der Waals surface area contributed by atoms with Gasteiger partial charge in [0.25, 0.3) is 0 Å². The van der Waals surface area contributed by atoms with Crippen molar-refractivity contribution in [1.82, 2.24) is 9.99 Å². The second-order valence-corrected chi connectivity index (χ2v) is 6.19. The first-order valence-corrected chi connectivity index (χ1v) is 8.53. The molecular weight excluding hydrogens is 369 g/mol. The zero-order valence-corrected chi connectivity index (χ0v) is 15.4. The average Bonchev–Trinajstić information content (AvgIpc) is 3.20. The van der Waals surface area contributed by atoms with Crippen molar-refractivity contribution in [1.29, 1.82) is 0 Å². The molecule has 0 amide bonds. The number of nitrogens with one attached hydrogen (secondary N) is 1. The summed E-state index contributed by atoms with van der Waals surface area (Å²) in [5.74, 6) is 0.260. The lowest BCUT2D eigenvalue weighted by atomic mass is 10.1. The number of halogens is 2. The van der Waals surface area contributed by atoms with Crippen LogP contribution in [0.4, 0.5) is 10.1 Å². The van der Waals surface area contributed by atoms with Crippen molar-refractivity contribution in [2.45, 2.75) is 19.3 Å². The van der Waals surface area contributed by atoms with Crippen molar-refractivity contribution in [3.8, 4) is 0 Å². The summed E-state index contributed by atoms with van der Waals surface area (Å²) in [7, 11) is 0. The van der Waals surface area contributed by atoms with E-state index in [-0.39, 0.29) is 18.2 Å². The van der Waals surface area contributed by atoms with E-state index in [1.54, 1.807) is 11.0 Å². The van der Waals surface area contributed by atoms with E-state index in [0.29, 0.717) is 30.0 Å². The fourth-order valence-corrected chi connectivity index (χ4v) is 3.27. The Morgan fingerprint density at radius 1 is 1.19 bits per heavy atom. The van der Waals surface area contributed by atoms with Crippen molar-refractivity contribution in [3.63, 3.8) is 0 Å². The van der Waals surface area contributed by atoms with E-state index in [1.165, 1.54) is 12.1 Å². The van der Waals surface area contributed by atoms with Gasteiger partial charge in [-0.05, 0) is 31.2 Å². The lowest BCUT2D eigenvalue weighted by Crippen LogP contribution is -2.40. The SMILES string of the molecule is Cl.NCCCn1cc(N2C(c3ccccc3)=NNC2O)c2cc(F)ccc21. The molecule has 0 spiro atoms. The Morgan fingerprint density at radius 3 is 2.70 bits per heavy atom. The van der Waals surface area contributed by atoms with Gasteiger partial charge in [-0.1, -0.05) is 30.3 Å². The first-order chi connectivity index (χ1) is 12.7. The lowest BCUT2D eigenvalue weighted by Gasteiger charge is -2.22. The zero-order chi connectivity index (χ0) is 18.1. The molecule has 0 fully saturated rings. The summed E-state index contributed by atoms with van der Waals surface area (Å²) < 4.78 is 16.0. The van der Waals surface area contributed by atoms with Gasteiger partial charge in [0, 0.05) is 23.7 Å². The lowest BCUT2D eigenvalue weighted by molar-refractivity contribution is 0.159. The number of aliphatic hydroxyl groups excluding tert-OH is 1. The Morgan fingerprint density at radius 2 is 1.96 bits per heavy atom. The minimum atomic E-state index is -1.03. The molecule has 0 saturated heterocycles. The number of rotatable bonds is 5. The Hall–Kier alpha value is -2.61. The first kappa shape index (κ1) is 19.2. The van der Waals surface area contributed by atoms with Crippen LogP contribution in [-0.4, -0.2) is 28.4 Å². The van der Waals surface area contributed by atoms with Crippen LogP contribution in [0.25, 0.3) is 10.9 Å². The molecule has 1 atom stereocenters. The highest BCUT2D eigenvalue weighted by Gasteiger charge is 2.30. The van der Waals surface area contributed by atoms with Crippen LogP contribution in [0.3, 0.4) is 0 Å². The number of hydrogen-bond donors (Lipinski definition) is 3. The Kier molecular flexibility index (Phi) is 5.65. The molecule has 0 aliphatic carbocycles. The highest BCUT2D eigenvalue weighted by molar-refractivity contribution is 6.14. The van der Waals surface area contributed by atoms with Crippen molar-refractivity contribution >= 4 is 34.8 Å². The third kappa shape index (κ3) is 3.49. The molecule has 2 heterocycles. The number of anilines is 1. The molecule has 27 heavy (non-hydrogen) atoms. The minimum absolute atomic E-state index is 0. The number of nitrogens with zero attached hydrogens (tertiary/aromatic N) is 3. The number of nitrogens with two attached hydrogens (primary N) is 1. The maximum atomic E-state index is 13.9. The summed E-state index contributed by atoms with van der Waals surface area (Å²) in [6.45, 7) is 1.29. The Labute approximate surface area is 162 Å². The molecule has 0 radical (unpaired) electrons. The average molecular weight is 390 g/mol. The fraction of sp³-hybridized carbons (Fsp3) is 0.211. The fourth-order valence-electron chi connectivity index (χ4n) is 3.27. The molecule has 1 aliphatic heterocycles. The highest BCUT2D eigenvalue weighted by Crippen LogP contribution is 2.33. The number of hydrogen-bond acceptors (Lipinski definition) is 5. The maximum Gasteiger partial charge on any atom is 0.226 e. The van der Waals surface area contributed by atoms with Crippen LogP contribution in [0.2, 0.25) is 0 Å². The number of benzene rings is 2. The number of aryl methyl sites for hydroxylation is 1. The van der Waals surface area contributed by atoms with E-state index in [9.17, 15) is 9.50 Å². The number of aliphatic hydroxyl groups is 1. The van der Waals surface area contributed by atoms with Crippen LogP contribution in [0, 0.1) is 5.82 Å². The molecule has 6 nitrogen and oxygen atoms in total. The maximum absolute atomic E-state index is 13.9. The van der Waals surface area contributed by atoms with E-state index in [4.69, 9.17) is 5.73 Å². The van der Waals surface area contributed by atoms with Crippen LogP contribution in [0.15, 0.2) is 59.8 Å². The molecule has 1 aromatic heterocycles. The normalized spacial score (nSPS) is 16.2. The van der Waals surface area contributed by atoms with Crippen molar-refractivity contribution < 1.29 is 9.50 Å². The van der Waals surface area contributed by atoms with Gasteiger partial charge in [0.1, 0.15) is 5.82 Å². The second-order valence-electron chi connectivity index (χ2n) is 6.19. The predicted octanol–water partition coefficient (Wildman–Crippen LogP) is 2.60. The number of amidine groups is 1. The second kappa shape index (κ2) is 7.96. The molecule has 4 N–H and O–H groups in total. The van der Waals surface area contributed by atoms with Crippen LogP contribution >= 0.6 is 12.4 Å². The van der Waals surface area contributed by atoms with Crippen molar-refractivity contribution in [3.05, 3.63) is 66.1 Å². The van der Waals surface area contributed by atoms with Crippen molar-refractivity contribution in [2.75, 3.05) is 11.4 Å². The molecule has 0 bridgehead atoms. The van der Waals surface area contributed by atoms with Crippen LogP contribution < -0.4 is 16.1 Å². The van der Waals surface area contributed by atoms with E-state index >= 15 is 0 Å². The molecule has 4 rings (SSSR count). The van der Waals surface area contributed by atoms with Gasteiger partial charge in [-0.3, -0.25) is 10.3 Å². The Bertz CT molecular complexity index is 959. The largest absolute Gasteiger partial charge is 0.355 e. The third-order valence-electron chi connectivity index (χ3n) is 4.48. The summed E-state index contributed by atoms with van der Waals surface area (Å²) in [6.07, 6.45) is 1.69. The summed E-state index contributed by atoms with van der Waals surface area (Å²) >= 11 is 0. The smallest absolute Gasteiger partial charge is 0.226 e. The molecule has 3 aromatic rings. The first-order valence-electron chi connectivity index (χ1n) is 8.53.